The number of hydrogen-bond donors (Lipinski definition) is 2. The normalized spacial score (nSPS) is 22.6. The number of hydrogen-bond acceptors (Lipinski definition) is 2. The van der Waals surface area contributed by atoms with E-state index in [9.17, 15) is 9.90 Å². The van der Waals surface area contributed by atoms with Gasteiger partial charge in [-0.1, -0.05) is 51.5 Å². The van der Waals surface area contributed by atoms with E-state index in [4.69, 9.17) is 0 Å². The molecular weight excluding hydrogens is 250 g/mol. The molecule has 0 aromatic heterocycles. The minimum absolute atomic E-state index is 0.0277. The van der Waals surface area contributed by atoms with Gasteiger partial charge in [-0.2, -0.15) is 0 Å². The van der Waals surface area contributed by atoms with Crippen molar-refractivity contribution in [3.8, 4) is 0 Å². The molecule has 0 aliphatic heterocycles. The summed E-state index contributed by atoms with van der Waals surface area (Å²) in [4.78, 5) is 12.5. The van der Waals surface area contributed by atoms with Crippen LogP contribution in [0.3, 0.4) is 0 Å². The van der Waals surface area contributed by atoms with Crippen molar-refractivity contribution < 1.29 is 9.90 Å². The van der Waals surface area contributed by atoms with Crippen LogP contribution in [0.5, 0.6) is 0 Å². The van der Waals surface area contributed by atoms with Gasteiger partial charge in [0, 0.05) is 12.3 Å². The highest BCUT2D eigenvalue weighted by atomic mass is 16.3. The number of aliphatic hydroxyl groups excluding tert-OH is 1. The van der Waals surface area contributed by atoms with E-state index in [1.165, 1.54) is 0 Å². The van der Waals surface area contributed by atoms with Crippen molar-refractivity contribution >= 4 is 5.91 Å². The standard InChI is InChI=1S/C17H25NO2/c1-4-7-13(11(2)3)17(20)18-16-14-9-6-5-8-12(14)10-15(16)19/h5-6,8-9,11,13,15-16,19H,4,7,10H2,1-3H3,(H,18,20). The van der Waals surface area contributed by atoms with E-state index in [0.717, 1.165) is 24.0 Å². The Bertz CT molecular complexity index is 470. The maximum Gasteiger partial charge on any atom is 0.223 e. The van der Waals surface area contributed by atoms with Crippen LogP contribution in [0.15, 0.2) is 24.3 Å². The summed E-state index contributed by atoms with van der Waals surface area (Å²) in [5.74, 6) is 0.423. The van der Waals surface area contributed by atoms with Crippen LogP contribution in [0.25, 0.3) is 0 Å². The molecule has 1 aliphatic rings. The average molecular weight is 275 g/mol. The molecule has 3 unspecified atom stereocenters. The number of amides is 1. The lowest BCUT2D eigenvalue weighted by Crippen LogP contribution is -2.39. The van der Waals surface area contributed by atoms with Crippen LogP contribution < -0.4 is 5.32 Å². The van der Waals surface area contributed by atoms with Crippen molar-refractivity contribution in [2.75, 3.05) is 0 Å². The summed E-state index contributed by atoms with van der Waals surface area (Å²) >= 11 is 0. The molecule has 110 valence electrons. The molecule has 2 rings (SSSR count). The summed E-state index contributed by atoms with van der Waals surface area (Å²) in [5.41, 5.74) is 2.20. The molecule has 2 N–H and O–H groups in total. The number of nitrogens with one attached hydrogen (secondary N) is 1. The number of aliphatic hydroxyl groups is 1. The van der Waals surface area contributed by atoms with Crippen molar-refractivity contribution in [3.63, 3.8) is 0 Å². The van der Waals surface area contributed by atoms with Crippen LogP contribution in [-0.2, 0) is 11.2 Å². The fourth-order valence-electron chi connectivity index (χ4n) is 3.09. The minimum Gasteiger partial charge on any atom is -0.390 e. The Morgan fingerprint density at radius 2 is 2.10 bits per heavy atom. The van der Waals surface area contributed by atoms with E-state index in [1.807, 2.05) is 24.3 Å². The molecule has 3 heteroatoms. The maximum absolute atomic E-state index is 12.5. The van der Waals surface area contributed by atoms with Crippen molar-refractivity contribution in [3.05, 3.63) is 35.4 Å². The van der Waals surface area contributed by atoms with E-state index >= 15 is 0 Å². The zero-order valence-electron chi connectivity index (χ0n) is 12.6. The Labute approximate surface area is 121 Å². The van der Waals surface area contributed by atoms with E-state index in [2.05, 4.69) is 26.1 Å². The quantitative estimate of drug-likeness (QED) is 0.868. The summed E-state index contributed by atoms with van der Waals surface area (Å²) in [7, 11) is 0. The zero-order chi connectivity index (χ0) is 14.7. The molecule has 1 aliphatic carbocycles. The van der Waals surface area contributed by atoms with E-state index in [-0.39, 0.29) is 17.9 Å². The number of benzene rings is 1. The highest BCUT2D eigenvalue weighted by Gasteiger charge is 2.33. The lowest BCUT2D eigenvalue weighted by molar-refractivity contribution is -0.128. The van der Waals surface area contributed by atoms with Crippen LogP contribution >= 0.6 is 0 Å². The molecule has 3 nitrogen and oxygen atoms in total. The van der Waals surface area contributed by atoms with Gasteiger partial charge in [-0.15, -0.1) is 0 Å². The third-order valence-electron chi connectivity index (χ3n) is 4.24. The van der Waals surface area contributed by atoms with Crippen LogP contribution in [0.1, 0.15) is 50.8 Å². The Morgan fingerprint density at radius 3 is 2.75 bits per heavy atom. The molecule has 0 heterocycles. The molecule has 3 atom stereocenters. The average Bonchev–Trinajstić information content (AvgIpc) is 2.72. The summed E-state index contributed by atoms with van der Waals surface area (Å²) in [5, 5.41) is 13.3. The van der Waals surface area contributed by atoms with Gasteiger partial charge in [0.05, 0.1) is 12.1 Å². The number of carbonyl (C=O) groups is 1. The third-order valence-corrected chi connectivity index (χ3v) is 4.24. The first-order valence-electron chi connectivity index (χ1n) is 7.60. The lowest BCUT2D eigenvalue weighted by Gasteiger charge is -2.24. The Balaban J connectivity index is 2.11. The molecule has 0 saturated heterocycles. The second-order valence-electron chi connectivity index (χ2n) is 6.10. The fourth-order valence-corrected chi connectivity index (χ4v) is 3.09. The predicted molar refractivity (Wildman–Crippen MR) is 80.3 cm³/mol. The largest absolute Gasteiger partial charge is 0.390 e. The van der Waals surface area contributed by atoms with Gasteiger partial charge >= 0.3 is 0 Å². The van der Waals surface area contributed by atoms with Gasteiger partial charge in [0.1, 0.15) is 0 Å². The predicted octanol–water partition coefficient (Wildman–Crippen LogP) is 2.83. The molecule has 1 aromatic carbocycles. The third kappa shape index (κ3) is 3.04. The topological polar surface area (TPSA) is 49.3 Å². The molecule has 0 radical (unpaired) electrons. The highest BCUT2D eigenvalue weighted by Crippen LogP contribution is 2.32. The first-order valence-corrected chi connectivity index (χ1v) is 7.60. The highest BCUT2D eigenvalue weighted by molar-refractivity contribution is 5.79. The van der Waals surface area contributed by atoms with E-state index < -0.39 is 6.10 Å². The first kappa shape index (κ1) is 15.0. The van der Waals surface area contributed by atoms with Crippen LogP contribution in [-0.4, -0.2) is 17.1 Å². The molecule has 1 amide bonds. The molecular formula is C17H25NO2. The fraction of sp³-hybridized carbons (Fsp3) is 0.588. The lowest BCUT2D eigenvalue weighted by atomic mass is 9.90. The van der Waals surface area contributed by atoms with Gasteiger partial charge in [-0.05, 0) is 23.5 Å². The van der Waals surface area contributed by atoms with Gasteiger partial charge in [0.25, 0.3) is 0 Å². The Morgan fingerprint density at radius 1 is 1.40 bits per heavy atom. The first-order chi connectivity index (χ1) is 9.54. The van der Waals surface area contributed by atoms with Gasteiger partial charge < -0.3 is 10.4 Å². The molecule has 0 spiro atoms. The molecule has 0 bridgehead atoms. The van der Waals surface area contributed by atoms with Crippen molar-refractivity contribution in [2.45, 2.75) is 52.2 Å². The zero-order valence-corrected chi connectivity index (χ0v) is 12.6. The van der Waals surface area contributed by atoms with E-state index in [1.54, 1.807) is 0 Å². The number of carbonyl (C=O) groups excluding carboxylic acids is 1. The number of rotatable bonds is 5. The smallest absolute Gasteiger partial charge is 0.223 e. The van der Waals surface area contributed by atoms with Crippen LogP contribution in [0.2, 0.25) is 0 Å². The molecule has 20 heavy (non-hydrogen) atoms. The van der Waals surface area contributed by atoms with Gasteiger partial charge in [0.15, 0.2) is 0 Å². The maximum atomic E-state index is 12.5. The molecule has 0 saturated carbocycles. The summed E-state index contributed by atoms with van der Waals surface area (Å²) in [6, 6.07) is 7.71. The van der Waals surface area contributed by atoms with Crippen LogP contribution in [0.4, 0.5) is 0 Å². The van der Waals surface area contributed by atoms with Gasteiger partial charge in [-0.3, -0.25) is 4.79 Å². The number of fused-ring (bicyclic) bond motifs is 1. The van der Waals surface area contributed by atoms with Crippen molar-refractivity contribution in [2.24, 2.45) is 11.8 Å². The van der Waals surface area contributed by atoms with Gasteiger partial charge in [0.2, 0.25) is 5.91 Å². The summed E-state index contributed by atoms with van der Waals surface area (Å²) < 4.78 is 0. The second-order valence-corrected chi connectivity index (χ2v) is 6.10. The Kier molecular flexibility index (Phi) is 4.81. The molecule has 0 fully saturated rings. The Hall–Kier alpha value is -1.35. The summed E-state index contributed by atoms with van der Waals surface area (Å²) in [6.45, 7) is 6.26. The SMILES string of the molecule is CCCC(C(=O)NC1c2ccccc2CC1O)C(C)C. The second kappa shape index (κ2) is 6.40. The van der Waals surface area contributed by atoms with Gasteiger partial charge in [-0.25, -0.2) is 0 Å². The van der Waals surface area contributed by atoms with E-state index in [0.29, 0.717) is 12.3 Å². The molecule has 1 aromatic rings. The van der Waals surface area contributed by atoms with Crippen molar-refractivity contribution in [1.82, 2.24) is 5.32 Å². The monoisotopic (exact) mass is 275 g/mol. The minimum atomic E-state index is -0.509. The van der Waals surface area contributed by atoms with Crippen LogP contribution in [0, 0.1) is 11.8 Å². The summed E-state index contributed by atoms with van der Waals surface area (Å²) in [6.07, 6.45) is 2.01. The van der Waals surface area contributed by atoms with Crippen molar-refractivity contribution in [1.29, 1.82) is 0 Å².